The van der Waals surface area contributed by atoms with Gasteiger partial charge in [-0.05, 0) is 19.9 Å². The van der Waals surface area contributed by atoms with Crippen molar-refractivity contribution < 1.29 is 14.3 Å². The van der Waals surface area contributed by atoms with Crippen LogP contribution in [0.4, 0.5) is 5.13 Å². The SMILES string of the molecule is CC1(C)Cc2cccc(OCC(=O)Nc3ncc(C#N)s3)c2O1. The van der Waals surface area contributed by atoms with Crippen molar-refractivity contribution in [3.8, 4) is 17.6 Å². The molecule has 0 radical (unpaired) electrons. The molecule has 0 bridgehead atoms. The molecule has 1 aliphatic heterocycles. The second-order valence-electron chi connectivity index (χ2n) is 5.76. The summed E-state index contributed by atoms with van der Waals surface area (Å²) in [6.07, 6.45) is 2.23. The highest BCUT2D eigenvalue weighted by molar-refractivity contribution is 7.16. The maximum Gasteiger partial charge on any atom is 0.264 e. The molecule has 0 atom stereocenters. The Hall–Kier alpha value is -2.59. The Morgan fingerprint density at radius 2 is 2.39 bits per heavy atom. The van der Waals surface area contributed by atoms with Crippen molar-refractivity contribution in [3.63, 3.8) is 0 Å². The van der Waals surface area contributed by atoms with Crippen LogP contribution < -0.4 is 14.8 Å². The number of carbonyl (C=O) groups excluding carboxylic acids is 1. The van der Waals surface area contributed by atoms with Gasteiger partial charge in [-0.3, -0.25) is 10.1 Å². The molecule has 0 aliphatic carbocycles. The van der Waals surface area contributed by atoms with Gasteiger partial charge in [0.1, 0.15) is 16.5 Å². The molecule has 0 saturated carbocycles. The fraction of sp³-hybridized carbons (Fsp3) is 0.312. The van der Waals surface area contributed by atoms with Crippen LogP contribution in [0.1, 0.15) is 24.3 Å². The third kappa shape index (κ3) is 3.43. The largest absolute Gasteiger partial charge is 0.483 e. The zero-order valence-electron chi connectivity index (χ0n) is 12.8. The first-order valence-corrected chi connectivity index (χ1v) is 7.88. The van der Waals surface area contributed by atoms with Gasteiger partial charge in [0.2, 0.25) is 0 Å². The van der Waals surface area contributed by atoms with Crippen LogP contribution in [0.3, 0.4) is 0 Å². The molecule has 1 aromatic carbocycles. The average molecular weight is 329 g/mol. The average Bonchev–Trinajstić information content (AvgIpc) is 3.07. The van der Waals surface area contributed by atoms with Crippen molar-refractivity contribution in [1.82, 2.24) is 4.98 Å². The zero-order chi connectivity index (χ0) is 16.4. The maximum atomic E-state index is 11.9. The molecule has 1 N–H and O–H groups in total. The summed E-state index contributed by atoms with van der Waals surface area (Å²) in [5, 5.41) is 11.7. The number of nitrogens with zero attached hydrogens (tertiary/aromatic N) is 2. The van der Waals surface area contributed by atoms with Gasteiger partial charge >= 0.3 is 0 Å². The number of amides is 1. The number of carbonyl (C=O) groups is 1. The number of benzene rings is 1. The van der Waals surface area contributed by atoms with Crippen LogP contribution in [0.25, 0.3) is 0 Å². The molecule has 6 nitrogen and oxygen atoms in total. The maximum absolute atomic E-state index is 11.9. The smallest absolute Gasteiger partial charge is 0.264 e. The molecular weight excluding hydrogens is 314 g/mol. The summed E-state index contributed by atoms with van der Waals surface area (Å²) in [6.45, 7) is 3.87. The first-order chi connectivity index (χ1) is 11.0. The lowest BCUT2D eigenvalue weighted by Crippen LogP contribution is -2.25. The van der Waals surface area contributed by atoms with Gasteiger partial charge in [0.05, 0.1) is 6.20 Å². The van der Waals surface area contributed by atoms with E-state index in [1.807, 2.05) is 32.0 Å². The molecule has 2 heterocycles. The molecule has 0 unspecified atom stereocenters. The predicted molar refractivity (Wildman–Crippen MR) is 85.8 cm³/mol. The van der Waals surface area contributed by atoms with Crippen LogP contribution in [0.5, 0.6) is 11.5 Å². The van der Waals surface area contributed by atoms with E-state index in [2.05, 4.69) is 10.3 Å². The number of para-hydroxylation sites is 1. The second-order valence-corrected chi connectivity index (χ2v) is 6.79. The highest BCUT2D eigenvalue weighted by Crippen LogP contribution is 2.41. The van der Waals surface area contributed by atoms with Gasteiger partial charge in [-0.15, -0.1) is 0 Å². The molecule has 3 rings (SSSR count). The van der Waals surface area contributed by atoms with E-state index < -0.39 is 0 Å². The number of thiazole rings is 1. The van der Waals surface area contributed by atoms with Crippen LogP contribution in [0.2, 0.25) is 0 Å². The number of aromatic nitrogens is 1. The van der Waals surface area contributed by atoms with Crippen molar-refractivity contribution in [1.29, 1.82) is 5.26 Å². The zero-order valence-corrected chi connectivity index (χ0v) is 13.6. The number of hydrogen-bond donors (Lipinski definition) is 1. The summed E-state index contributed by atoms with van der Waals surface area (Å²) in [7, 11) is 0. The molecule has 1 amide bonds. The molecule has 0 saturated heterocycles. The van der Waals surface area contributed by atoms with E-state index in [1.54, 1.807) is 6.07 Å². The minimum atomic E-state index is -0.335. The lowest BCUT2D eigenvalue weighted by molar-refractivity contribution is -0.118. The Morgan fingerprint density at radius 3 is 3.13 bits per heavy atom. The minimum absolute atomic E-state index is 0.151. The van der Waals surface area contributed by atoms with Gasteiger partial charge in [0, 0.05) is 12.0 Å². The molecule has 23 heavy (non-hydrogen) atoms. The molecule has 118 valence electrons. The standard InChI is InChI=1S/C16H15N3O3S/c1-16(2)6-10-4-3-5-12(14(10)22-16)21-9-13(20)19-15-18-8-11(7-17)23-15/h3-5,8H,6,9H2,1-2H3,(H,18,19,20). The number of hydrogen-bond acceptors (Lipinski definition) is 6. The van der Waals surface area contributed by atoms with E-state index in [0.717, 1.165) is 23.3 Å². The fourth-order valence-electron chi connectivity index (χ4n) is 2.38. The Morgan fingerprint density at radius 1 is 1.57 bits per heavy atom. The van der Waals surface area contributed by atoms with Gasteiger partial charge in [0.15, 0.2) is 23.2 Å². The molecule has 0 spiro atoms. The lowest BCUT2D eigenvalue weighted by Gasteiger charge is -2.18. The monoisotopic (exact) mass is 329 g/mol. The lowest BCUT2D eigenvalue weighted by atomic mass is 10.0. The molecular formula is C16H15N3O3S. The topological polar surface area (TPSA) is 84.2 Å². The molecule has 0 fully saturated rings. The molecule has 7 heteroatoms. The van der Waals surface area contributed by atoms with Crippen LogP contribution >= 0.6 is 11.3 Å². The number of rotatable bonds is 4. The molecule has 1 aliphatic rings. The van der Waals surface area contributed by atoms with Gasteiger partial charge in [-0.25, -0.2) is 4.98 Å². The van der Waals surface area contributed by atoms with Gasteiger partial charge < -0.3 is 9.47 Å². The predicted octanol–water partition coefficient (Wildman–Crippen LogP) is 2.75. The minimum Gasteiger partial charge on any atom is -0.483 e. The summed E-state index contributed by atoms with van der Waals surface area (Å²) >= 11 is 1.12. The third-order valence-electron chi connectivity index (χ3n) is 3.28. The Kier molecular flexibility index (Phi) is 3.92. The van der Waals surface area contributed by atoms with E-state index in [9.17, 15) is 4.79 Å². The van der Waals surface area contributed by atoms with E-state index in [4.69, 9.17) is 14.7 Å². The quantitative estimate of drug-likeness (QED) is 0.932. The van der Waals surface area contributed by atoms with Gasteiger partial charge in [0.25, 0.3) is 5.91 Å². The van der Waals surface area contributed by atoms with Crippen LogP contribution in [-0.4, -0.2) is 23.1 Å². The molecule has 1 aromatic heterocycles. The summed E-state index contributed by atoms with van der Waals surface area (Å²) in [4.78, 5) is 16.3. The number of ether oxygens (including phenoxy) is 2. The van der Waals surface area contributed by atoms with Crippen molar-refractivity contribution in [2.24, 2.45) is 0 Å². The fourth-order valence-corrected chi connectivity index (χ4v) is 3.01. The van der Waals surface area contributed by atoms with Crippen LogP contribution in [0.15, 0.2) is 24.4 Å². The number of nitriles is 1. The summed E-state index contributed by atoms with van der Waals surface area (Å²) in [5.74, 6) is 0.921. The van der Waals surface area contributed by atoms with E-state index in [-0.39, 0.29) is 18.1 Å². The normalized spacial score (nSPS) is 14.5. The highest BCUT2D eigenvalue weighted by atomic mass is 32.1. The first kappa shape index (κ1) is 15.3. The Bertz CT molecular complexity index is 792. The van der Waals surface area contributed by atoms with Gasteiger partial charge in [-0.1, -0.05) is 23.5 Å². The Labute approximate surface area is 137 Å². The van der Waals surface area contributed by atoms with Crippen molar-refractivity contribution in [2.45, 2.75) is 25.9 Å². The molecule has 2 aromatic rings. The van der Waals surface area contributed by atoms with E-state index >= 15 is 0 Å². The summed E-state index contributed by atoms with van der Waals surface area (Å²) in [6, 6.07) is 7.64. The highest BCUT2D eigenvalue weighted by Gasteiger charge is 2.32. The van der Waals surface area contributed by atoms with Crippen molar-refractivity contribution >= 4 is 22.4 Å². The van der Waals surface area contributed by atoms with E-state index in [1.165, 1.54) is 6.20 Å². The number of nitrogens with one attached hydrogen (secondary N) is 1. The van der Waals surface area contributed by atoms with Crippen LogP contribution in [0, 0.1) is 11.3 Å². The van der Waals surface area contributed by atoms with Crippen molar-refractivity contribution in [3.05, 3.63) is 34.8 Å². The summed E-state index contributed by atoms with van der Waals surface area (Å²) < 4.78 is 11.5. The Balaban J connectivity index is 1.62. The number of anilines is 1. The summed E-state index contributed by atoms with van der Waals surface area (Å²) in [5.41, 5.74) is 0.810. The van der Waals surface area contributed by atoms with E-state index in [0.29, 0.717) is 21.5 Å². The van der Waals surface area contributed by atoms with Gasteiger partial charge in [-0.2, -0.15) is 5.26 Å². The third-order valence-corrected chi connectivity index (χ3v) is 4.09. The van der Waals surface area contributed by atoms with Crippen molar-refractivity contribution in [2.75, 3.05) is 11.9 Å². The number of fused-ring (bicyclic) bond motifs is 1. The second kappa shape index (κ2) is 5.89. The first-order valence-electron chi connectivity index (χ1n) is 7.06. The van der Waals surface area contributed by atoms with Crippen LogP contribution in [-0.2, 0) is 11.2 Å².